The van der Waals surface area contributed by atoms with E-state index >= 15 is 0 Å². The number of aliphatic hydroxyl groups excluding tert-OH is 1. The highest BCUT2D eigenvalue weighted by Gasteiger charge is 2.31. The summed E-state index contributed by atoms with van der Waals surface area (Å²) < 4.78 is 11.8. The maximum absolute atomic E-state index is 12.3. The van der Waals surface area contributed by atoms with E-state index in [0.29, 0.717) is 0 Å². The molecule has 34 heavy (non-hydrogen) atoms. The Morgan fingerprint density at radius 2 is 1.68 bits per heavy atom. The fourth-order valence-corrected chi connectivity index (χ4v) is 5.40. The third-order valence-corrected chi connectivity index (χ3v) is 6.82. The number of hydrogen-bond donors (Lipinski definition) is 1. The second-order valence-electron chi connectivity index (χ2n) is 8.86. The third-order valence-electron chi connectivity index (χ3n) is 5.62. The van der Waals surface area contributed by atoms with Gasteiger partial charge < -0.3 is 19.5 Å². The maximum Gasteiger partial charge on any atom is 0.410 e. The van der Waals surface area contributed by atoms with E-state index in [2.05, 4.69) is 9.97 Å². The molecule has 2 aliphatic carbocycles. The zero-order valence-electron chi connectivity index (χ0n) is 22.6. The first-order valence-corrected chi connectivity index (χ1v) is 13.5. The van der Waals surface area contributed by atoms with Crippen LogP contribution in [0.3, 0.4) is 0 Å². The first-order chi connectivity index (χ1) is 16.3. The number of ether oxygens (including phenoxy) is 2. The number of thiophene rings is 1. The number of aliphatic hydroxyl groups is 1. The second kappa shape index (κ2) is 14.5. The van der Waals surface area contributed by atoms with E-state index in [1.807, 2.05) is 55.5 Å². The highest BCUT2D eigenvalue weighted by atomic mass is 32.1. The molecule has 7 nitrogen and oxygen atoms in total. The number of rotatable bonds is 3. The fraction of sp³-hybridized carbons (Fsp3) is 0.731. The molecule has 1 fully saturated rings. The van der Waals surface area contributed by atoms with Gasteiger partial charge in [0.1, 0.15) is 22.9 Å². The summed E-state index contributed by atoms with van der Waals surface area (Å²) in [5, 5.41) is 8.13. The molecular weight excluding hydrogens is 450 g/mol. The molecule has 0 saturated heterocycles. The Hall–Kier alpha value is -1.93. The minimum Gasteiger partial charge on any atom is -0.474 e. The lowest BCUT2D eigenvalue weighted by molar-refractivity contribution is 0.0137. The molecule has 2 heterocycles. The summed E-state index contributed by atoms with van der Waals surface area (Å²) in [5.41, 5.74) is 0.930. The number of hydrogen-bond acceptors (Lipinski definition) is 7. The van der Waals surface area contributed by atoms with Gasteiger partial charge in [0.2, 0.25) is 5.88 Å². The molecule has 1 amide bonds. The molecule has 2 aromatic heterocycles. The summed E-state index contributed by atoms with van der Waals surface area (Å²) in [5.74, 6) is 0.744. The van der Waals surface area contributed by atoms with Crippen LogP contribution in [0.25, 0.3) is 10.2 Å². The van der Waals surface area contributed by atoms with Crippen LogP contribution in [0.1, 0.15) is 91.0 Å². The lowest BCUT2D eigenvalue weighted by Gasteiger charge is -2.35. The smallest absolute Gasteiger partial charge is 0.410 e. The number of carbonyl (C=O) groups excluding carboxylic acids is 1. The van der Waals surface area contributed by atoms with Crippen LogP contribution in [0.4, 0.5) is 4.79 Å². The summed E-state index contributed by atoms with van der Waals surface area (Å²) >= 11 is 1.79. The van der Waals surface area contributed by atoms with Crippen molar-refractivity contribution in [3.63, 3.8) is 0 Å². The van der Waals surface area contributed by atoms with Crippen molar-refractivity contribution in [3.05, 3.63) is 16.8 Å². The standard InChI is InChI=1S/C21H29N3O3S.2C2H6.CH4O/c1-21(2,3)27-20(25)24(4)13-8-10-14(11-9-13)26-18-17-15-6-5-7-16(15)28-19(17)23-12-22-18;3*1-2/h12-14H,5-11H2,1-4H3;2*1-2H3;2H,1H3. The Kier molecular flexibility index (Phi) is 12.8. The quantitative estimate of drug-likeness (QED) is 0.530. The number of fused-ring (bicyclic) bond motifs is 3. The van der Waals surface area contributed by atoms with Crippen molar-refractivity contribution in [3.8, 4) is 5.88 Å². The Balaban J connectivity index is 0.000000894. The van der Waals surface area contributed by atoms with Gasteiger partial charge in [0.05, 0.1) is 5.39 Å². The van der Waals surface area contributed by atoms with Gasteiger partial charge in [-0.15, -0.1) is 11.3 Å². The van der Waals surface area contributed by atoms with Crippen molar-refractivity contribution in [1.82, 2.24) is 14.9 Å². The number of aromatic nitrogens is 2. The monoisotopic (exact) mass is 495 g/mol. The number of aryl methyl sites for hydroxylation is 2. The summed E-state index contributed by atoms with van der Waals surface area (Å²) in [6.45, 7) is 13.7. The van der Waals surface area contributed by atoms with Crippen molar-refractivity contribution in [2.75, 3.05) is 14.2 Å². The molecule has 2 aromatic rings. The fourth-order valence-electron chi connectivity index (χ4n) is 4.18. The molecule has 0 atom stereocenters. The second-order valence-corrected chi connectivity index (χ2v) is 9.94. The summed E-state index contributed by atoms with van der Waals surface area (Å²) in [7, 11) is 2.84. The van der Waals surface area contributed by atoms with E-state index in [-0.39, 0.29) is 18.2 Å². The predicted molar refractivity (Wildman–Crippen MR) is 141 cm³/mol. The third kappa shape index (κ3) is 7.80. The minimum atomic E-state index is -0.467. The van der Waals surface area contributed by atoms with Gasteiger partial charge in [0.15, 0.2) is 0 Å². The summed E-state index contributed by atoms with van der Waals surface area (Å²) in [6.07, 6.45) is 8.63. The van der Waals surface area contributed by atoms with Gasteiger partial charge in [-0.1, -0.05) is 27.7 Å². The van der Waals surface area contributed by atoms with Crippen LogP contribution in [0.15, 0.2) is 6.33 Å². The van der Waals surface area contributed by atoms with Crippen LogP contribution < -0.4 is 4.74 Å². The van der Waals surface area contributed by atoms with Gasteiger partial charge in [-0.05, 0) is 71.3 Å². The largest absolute Gasteiger partial charge is 0.474 e. The van der Waals surface area contributed by atoms with Gasteiger partial charge in [-0.25, -0.2) is 14.8 Å². The highest BCUT2D eigenvalue weighted by molar-refractivity contribution is 7.18. The Labute approximate surface area is 209 Å². The normalized spacial score (nSPS) is 18.8. The average molecular weight is 496 g/mol. The van der Waals surface area contributed by atoms with E-state index < -0.39 is 5.60 Å². The first-order valence-electron chi connectivity index (χ1n) is 12.6. The topological polar surface area (TPSA) is 84.8 Å². The molecule has 0 aliphatic heterocycles. The van der Waals surface area contributed by atoms with Crippen LogP contribution in [-0.2, 0) is 17.6 Å². The molecule has 0 bridgehead atoms. The maximum atomic E-state index is 12.3. The van der Waals surface area contributed by atoms with Crippen LogP contribution in [0.2, 0.25) is 0 Å². The Morgan fingerprint density at radius 3 is 2.26 bits per heavy atom. The van der Waals surface area contributed by atoms with Crippen molar-refractivity contribution in [2.45, 2.75) is 111 Å². The van der Waals surface area contributed by atoms with E-state index in [4.69, 9.17) is 14.6 Å². The van der Waals surface area contributed by atoms with Crippen molar-refractivity contribution in [2.24, 2.45) is 0 Å². The van der Waals surface area contributed by atoms with Gasteiger partial charge in [-0.3, -0.25) is 0 Å². The highest BCUT2D eigenvalue weighted by Crippen LogP contribution is 2.40. The zero-order valence-corrected chi connectivity index (χ0v) is 23.4. The molecule has 1 saturated carbocycles. The summed E-state index contributed by atoms with van der Waals surface area (Å²) in [6, 6.07) is 0.200. The number of carbonyl (C=O) groups is 1. The van der Waals surface area contributed by atoms with Crippen LogP contribution in [-0.4, -0.2) is 58.0 Å². The number of amides is 1. The van der Waals surface area contributed by atoms with Crippen molar-refractivity contribution in [1.29, 1.82) is 0 Å². The lowest BCUT2D eigenvalue weighted by Crippen LogP contribution is -2.43. The van der Waals surface area contributed by atoms with E-state index in [1.54, 1.807) is 22.6 Å². The van der Waals surface area contributed by atoms with Gasteiger partial charge in [0.25, 0.3) is 0 Å². The SMILES string of the molecule is CC.CC.CN(C(=O)OC(C)(C)C)C1CCC(Oc2ncnc3sc4c(c23)CCC4)CC1.CO. The van der Waals surface area contributed by atoms with E-state index in [0.717, 1.165) is 61.7 Å². The van der Waals surface area contributed by atoms with Gasteiger partial charge in [-0.2, -0.15) is 0 Å². The van der Waals surface area contributed by atoms with E-state index in [9.17, 15) is 4.79 Å². The Bertz CT molecular complexity index is 871. The first kappa shape index (κ1) is 30.1. The molecule has 0 unspecified atom stereocenters. The molecule has 2 aliphatic rings. The molecular formula is C26H45N3O4S. The average Bonchev–Trinajstić information content (AvgIpc) is 3.44. The molecule has 4 rings (SSSR count). The molecule has 0 radical (unpaired) electrons. The number of nitrogens with zero attached hydrogens (tertiary/aromatic N) is 3. The van der Waals surface area contributed by atoms with Crippen molar-refractivity contribution < 1.29 is 19.4 Å². The van der Waals surface area contributed by atoms with E-state index in [1.165, 1.54) is 16.9 Å². The van der Waals surface area contributed by atoms with Crippen LogP contribution >= 0.6 is 11.3 Å². The molecule has 8 heteroatoms. The van der Waals surface area contributed by atoms with Crippen LogP contribution in [0.5, 0.6) is 5.88 Å². The molecule has 194 valence electrons. The Morgan fingerprint density at radius 1 is 1.06 bits per heavy atom. The summed E-state index contributed by atoms with van der Waals surface area (Å²) in [4.78, 5) is 25.5. The lowest BCUT2D eigenvalue weighted by atomic mass is 9.92. The molecule has 0 aromatic carbocycles. The van der Waals surface area contributed by atoms with Crippen molar-refractivity contribution >= 4 is 27.6 Å². The van der Waals surface area contributed by atoms with Gasteiger partial charge >= 0.3 is 6.09 Å². The molecule has 0 spiro atoms. The zero-order chi connectivity index (χ0) is 25.9. The molecule has 1 N–H and O–H groups in total. The predicted octanol–water partition coefficient (Wildman–Crippen LogP) is 6.40. The van der Waals surface area contributed by atoms with Gasteiger partial charge in [0, 0.05) is 25.1 Å². The minimum absolute atomic E-state index is 0.137. The van der Waals surface area contributed by atoms with Crippen LogP contribution in [0, 0.1) is 0 Å².